The fraction of sp³-hybridized carbons (Fsp3) is 0.105. The van der Waals surface area contributed by atoms with Crippen LogP contribution in [0.4, 0.5) is 17.2 Å². The van der Waals surface area contributed by atoms with Crippen LogP contribution in [0.25, 0.3) is 0 Å². The van der Waals surface area contributed by atoms with E-state index in [1.165, 1.54) is 0 Å². The van der Waals surface area contributed by atoms with E-state index in [2.05, 4.69) is 4.98 Å². The molecule has 132 valence electrons. The Bertz CT molecular complexity index is 807. The van der Waals surface area contributed by atoms with Crippen molar-refractivity contribution in [2.24, 2.45) is 0 Å². The molecule has 0 atom stereocenters. The predicted octanol–water partition coefficient (Wildman–Crippen LogP) is 2.25. The zero-order valence-electron chi connectivity index (χ0n) is 14.5. The summed E-state index contributed by atoms with van der Waals surface area (Å²) in [6, 6.07) is 20.2. The zero-order chi connectivity index (χ0) is 18.5. The van der Waals surface area contributed by atoms with E-state index in [0.717, 1.165) is 22.9 Å². The average Bonchev–Trinajstić information content (AvgIpc) is 2.69. The van der Waals surface area contributed by atoms with E-state index in [-0.39, 0.29) is 5.59 Å². The number of ether oxygens (including phenoxy) is 2. The summed E-state index contributed by atoms with van der Waals surface area (Å²) in [5.41, 5.74) is 1.88. The maximum absolute atomic E-state index is 9.45. The maximum Gasteiger partial charge on any atom is 0.508 e. The Morgan fingerprint density at radius 2 is 1.27 bits per heavy atom. The zero-order valence-corrected chi connectivity index (χ0v) is 14.5. The molecular weight excluding hydrogens is 331 g/mol. The van der Waals surface area contributed by atoms with E-state index in [1.54, 1.807) is 32.4 Å². The summed E-state index contributed by atoms with van der Waals surface area (Å²) >= 11 is 0. The molecule has 0 saturated heterocycles. The lowest BCUT2D eigenvalue weighted by Gasteiger charge is -2.25. The van der Waals surface area contributed by atoms with Crippen LogP contribution in [-0.2, 0) is 0 Å². The van der Waals surface area contributed by atoms with Gasteiger partial charge < -0.3 is 19.5 Å². The van der Waals surface area contributed by atoms with Crippen LogP contribution in [0.2, 0.25) is 0 Å². The fourth-order valence-electron chi connectivity index (χ4n) is 2.58. The summed E-state index contributed by atoms with van der Waals surface area (Å²) in [6.45, 7) is 0. The second-order valence-electron chi connectivity index (χ2n) is 5.53. The Morgan fingerprint density at radius 1 is 0.769 bits per heavy atom. The number of nitrogens with zero attached hydrogens (tertiary/aromatic N) is 2. The third kappa shape index (κ3) is 3.79. The third-order valence-corrected chi connectivity index (χ3v) is 3.91. The highest BCUT2D eigenvalue weighted by molar-refractivity contribution is 6.57. The molecule has 0 radical (unpaired) electrons. The van der Waals surface area contributed by atoms with Crippen LogP contribution in [0.1, 0.15) is 0 Å². The van der Waals surface area contributed by atoms with Gasteiger partial charge in [-0.05, 0) is 60.7 Å². The normalized spacial score (nSPS) is 10.3. The van der Waals surface area contributed by atoms with Gasteiger partial charge in [0.25, 0.3) is 0 Å². The van der Waals surface area contributed by atoms with Crippen LogP contribution in [0, 0.1) is 0 Å². The number of hydrogen-bond donors (Lipinski definition) is 2. The number of rotatable bonds is 6. The van der Waals surface area contributed by atoms with Crippen molar-refractivity contribution in [3.05, 3.63) is 66.7 Å². The van der Waals surface area contributed by atoms with Gasteiger partial charge >= 0.3 is 7.12 Å². The van der Waals surface area contributed by atoms with Crippen molar-refractivity contribution in [2.75, 3.05) is 19.1 Å². The van der Waals surface area contributed by atoms with Crippen molar-refractivity contribution in [1.82, 2.24) is 4.98 Å². The first-order valence-corrected chi connectivity index (χ1v) is 8.03. The highest BCUT2D eigenvalue weighted by Gasteiger charge is 2.18. The Balaban J connectivity index is 2.09. The molecule has 0 aliphatic rings. The second-order valence-corrected chi connectivity index (χ2v) is 5.53. The minimum absolute atomic E-state index is 0.175. The molecule has 0 amide bonds. The monoisotopic (exact) mass is 350 g/mol. The number of benzene rings is 2. The first-order chi connectivity index (χ1) is 12.6. The number of aromatic nitrogens is 1. The van der Waals surface area contributed by atoms with Gasteiger partial charge in [-0.1, -0.05) is 6.07 Å². The molecule has 0 aliphatic heterocycles. The van der Waals surface area contributed by atoms with E-state index < -0.39 is 7.12 Å². The Morgan fingerprint density at radius 3 is 1.69 bits per heavy atom. The van der Waals surface area contributed by atoms with Gasteiger partial charge in [0.15, 0.2) is 0 Å². The number of pyridine rings is 1. The summed E-state index contributed by atoms with van der Waals surface area (Å²) in [7, 11) is 1.59. The SMILES string of the molecule is COc1ccc(N(c2ccc(OC)cc2)c2cccc(B(O)O)n2)cc1. The first kappa shape index (κ1) is 17.8. The van der Waals surface area contributed by atoms with Crippen LogP contribution < -0.4 is 20.0 Å². The standard InChI is InChI=1S/C19H19BN2O4/c1-25-16-10-6-14(7-11-16)22(15-8-12-17(26-2)13-9-15)19-5-3-4-18(21-19)20(23)24/h3-13,23-24H,1-2H3. The van der Waals surface area contributed by atoms with Gasteiger partial charge in [-0.25, -0.2) is 4.98 Å². The summed E-state index contributed by atoms with van der Waals surface area (Å²) < 4.78 is 10.4. The summed E-state index contributed by atoms with van der Waals surface area (Å²) in [5.74, 6) is 2.05. The van der Waals surface area contributed by atoms with Crippen molar-refractivity contribution in [3.63, 3.8) is 0 Å². The highest BCUT2D eigenvalue weighted by atomic mass is 16.5. The summed E-state index contributed by atoms with van der Waals surface area (Å²) in [5, 5.41) is 18.9. The van der Waals surface area contributed by atoms with Crippen molar-refractivity contribution in [2.45, 2.75) is 0 Å². The average molecular weight is 350 g/mol. The summed E-state index contributed by atoms with van der Waals surface area (Å²) in [6.07, 6.45) is 0. The Hall–Kier alpha value is -3.03. The Kier molecular flexibility index (Phi) is 5.41. The van der Waals surface area contributed by atoms with Crippen LogP contribution in [0.5, 0.6) is 11.5 Å². The van der Waals surface area contributed by atoms with Crippen molar-refractivity contribution in [1.29, 1.82) is 0 Å². The lowest BCUT2D eigenvalue weighted by Crippen LogP contribution is -2.33. The van der Waals surface area contributed by atoms with Gasteiger partial charge in [0.2, 0.25) is 0 Å². The number of anilines is 3. The molecule has 0 aliphatic carbocycles. The molecular formula is C19H19BN2O4. The largest absolute Gasteiger partial charge is 0.508 e. The lowest BCUT2D eigenvalue weighted by atomic mass is 9.86. The molecule has 3 rings (SSSR count). The van der Waals surface area contributed by atoms with Crippen LogP contribution in [0.15, 0.2) is 66.7 Å². The third-order valence-electron chi connectivity index (χ3n) is 3.91. The molecule has 0 bridgehead atoms. The number of hydrogen-bond acceptors (Lipinski definition) is 6. The van der Waals surface area contributed by atoms with E-state index in [1.807, 2.05) is 53.4 Å². The highest BCUT2D eigenvalue weighted by Crippen LogP contribution is 2.34. The molecule has 2 aromatic carbocycles. The minimum atomic E-state index is -1.64. The van der Waals surface area contributed by atoms with Gasteiger partial charge in [0.05, 0.1) is 19.8 Å². The molecule has 0 saturated carbocycles. The maximum atomic E-state index is 9.45. The van der Waals surface area contributed by atoms with Gasteiger partial charge in [-0.3, -0.25) is 4.90 Å². The predicted molar refractivity (Wildman–Crippen MR) is 102 cm³/mol. The summed E-state index contributed by atoms with van der Waals surface area (Å²) in [4.78, 5) is 6.28. The molecule has 6 nitrogen and oxygen atoms in total. The van der Waals surface area contributed by atoms with E-state index >= 15 is 0 Å². The molecule has 0 unspecified atom stereocenters. The molecule has 7 heteroatoms. The molecule has 0 fully saturated rings. The minimum Gasteiger partial charge on any atom is -0.497 e. The molecule has 26 heavy (non-hydrogen) atoms. The molecule has 1 heterocycles. The lowest BCUT2D eigenvalue weighted by molar-refractivity contribution is 0.415. The van der Waals surface area contributed by atoms with Crippen molar-refractivity contribution in [3.8, 4) is 11.5 Å². The van der Waals surface area contributed by atoms with Gasteiger partial charge in [0.1, 0.15) is 17.3 Å². The topological polar surface area (TPSA) is 75.1 Å². The van der Waals surface area contributed by atoms with E-state index in [9.17, 15) is 10.0 Å². The smallest absolute Gasteiger partial charge is 0.497 e. The number of methoxy groups -OCH3 is 2. The van der Waals surface area contributed by atoms with Crippen LogP contribution >= 0.6 is 0 Å². The fourth-order valence-corrected chi connectivity index (χ4v) is 2.58. The van der Waals surface area contributed by atoms with Crippen molar-refractivity contribution < 1.29 is 19.5 Å². The van der Waals surface area contributed by atoms with Crippen LogP contribution in [-0.4, -0.2) is 36.4 Å². The second kappa shape index (κ2) is 7.90. The van der Waals surface area contributed by atoms with Crippen LogP contribution in [0.3, 0.4) is 0 Å². The Labute approximate surface area is 152 Å². The van der Waals surface area contributed by atoms with Gasteiger partial charge in [-0.2, -0.15) is 0 Å². The molecule has 1 aromatic heterocycles. The van der Waals surface area contributed by atoms with E-state index in [0.29, 0.717) is 5.82 Å². The molecule has 2 N–H and O–H groups in total. The van der Waals surface area contributed by atoms with Gasteiger partial charge in [0, 0.05) is 11.4 Å². The van der Waals surface area contributed by atoms with Gasteiger partial charge in [-0.15, -0.1) is 0 Å². The van der Waals surface area contributed by atoms with Crippen molar-refractivity contribution >= 4 is 29.9 Å². The molecule has 3 aromatic rings. The van der Waals surface area contributed by atoms with E-state index in [4.69, 9.17) is 9.47 Å². The quantitative estimate of drug-likeness (QED) is 0.665. The molecule has 0 spiro atoms. The first-order valence-electron chi connectivity index (χ1n) is 8.03.